The van der Waals surface area contributed by atoms with Gasteiger partial charge in [0.2, 0.25) is 0 Å². The van der Waals surface area contributed by atoms with Gasteiger partial charge in [0, 0.05) is 15.6 Å². The van der Waals surface area contributed by atoms with Gasteiger partial charge >= 0.3 is 0 Å². The van der Waals surface area contributed by atoms with E-state index in [-0.39, 0.29) is 0 Å². The van der Waals surface area contributed by atoms with Crippen molar-refractivity contribution in [2.75, 3.05) is 0 Å². The first kappa shape index (κ1) is 17.6. The van der Waals surface area contributed by atoms with Crippen LogP contribution in [-0.4, -0.2) is 9.78 Å². The molecule has 0 radical (unpaired) electrons. The van der Waals surface area contributed by atoms with Gasteiger partial charge in [-0.25, -0.2) is 4.68 Å². The second-order valence-electron chi connectivity index (χ2n) is 6.04. The van der Waals surface area contributed by atoms with Crippen LogP contribution in [-0.2, 0) is 0 Å². The summed E-state index contributed by atoms with van der Waals surface area (Å²) in [4.78, 5) is 0. The predicted octanol–water partition coefficient (Wildman–Crippen LogP) is 7.02. The molecule has 4 rings (SSSR count). The summed E-state index contributed by atoms with van der Waals surface area (Å²) in [6.45, 7) is 0. The Kier molecular flexibility index (Phi) is 5.10. The van der Waals surface area contributed by atoms with Crippen LogP contribution < -0.4 is 0 Å². The summed E-state index contributed by atoms with van der Waals surface area (Å²) in [7, 11) is 0. The molecule has 0 bridgehead atoms. The fourth-order valence-corrected chi connectivity index (χ4v) is 3.32. The predicted molar refractivity (Wildman–Crippen MR) is 114 cm³/mol. The number of hydrogen-bond acceptors (Lipinski definition) is 1. The Balaban J connectivity index is 1.81. The highest BCUT2D eigenvalue weighted by molar-refractivity contribution is 6.33. The van der Waals surface area contributed by atoms with Gasteiger partial charge in [-0.05, 0) is 42.0 Å². The lowest BCUT2D eigenvalue weighted by atomic mass is 10.1. The SMILES string of the molecule is Clc1ccccc1C=Cc1cc(-c2ccccc2Cl)n(-c2ccccc2)n1. The lowest BCUT2D eigenvalue weighted by Gasteiger charge is -2.08. The molecule has 1 heterocycles. The molecule has 132 valence electrons. The second-order valence-corrected chi connectivity index (χ2v) is 6.85. The van der Waals surface area contributed by atoms with Gasteiger partial charge in [-0.2, -0.15) is 5.10 Å². The Morgan fingerprint density at radius 2 is 1.37 bits per heavy atom. The first-order valence-corrected chi connectivity index (χ1v) is 9.31. The molecular weight excluding hydrogens is 375 g/mol. The van der Waals surface area contributed by atoms with Crippen molar-refractivity contribution in [2.24, 2.45) is 0 Å². The topological polar surface area (TPSA) is 17.8 Å². The number of nitrogens with zero attached hydrogens (tertiary/aromatic N) is 2. The zero-order valence-corrected chi connectivity index (χ0v) is 15.9. The largest absolute Gasteiger partial charge is 0.232 e. The number of rotatable bonds is 4. The monoisotopic (exact) mass is 390 g/mol. The van der Waals surface area contributed by atoms with Crippen molar-refractivity contribution < 1.29 is 0 Å². The number of para-hydroxylation sites is 1. The molecule has 0 aliphatic carbocycles. The van der Waals surface area contributed by atoms with Gasteiger partial charge < -0.3 is 0 Å². The molecule has 0 atom stereocenters. The molecule has 27 heavy (non-hydrogen) atoms. The van der Waals surface area contributed by atoms with Crippen molar-refractivity contribution in [2.45, 2.75) is 0 Å². The van der Waals surface area contributed by atoms with Crippen LogP contribution in [0.5, 0.6) is 0 Å². The molecule has 4 heteroatoms. The molecule has 0 N–H and O–H groups in total. The first-order valence-electron chi connectivity index (χ1n) is 8.55. The first-order chi connectivity index (χ1) is 13.2. The quantitative estimate of drug-likeness (QED) is 0.366. The Morgan fingerprint density at radius 1 is 0.704 bits per heavy atom. The van der Waals surface area contributed by atoms with E-state index in [1.165, 1.54) is 0 Å². The highest BCUT2D eigenvalue weighted by Crippen LogP contribution is 2.30. The summed E-state index contributed by atoms with van der Waals surface area (Å²) in [6.07, 6.45) is 3.93. The maximum absolute atomic E-state index is 6.44. The smallest absolute Gasteiger partial charge is 0.0862 e. The van der Waals surface area contributed by atoms with Gasteiger partial charge in [0.05, 0.1) is 17.1 Å². The Hall–Kier alpha value is -2.81. The maximum Gasteiger partial charge on any atom is 0.0862 e. The minimum Gasteiger partial charge on any atom is -0.232 e. The molecular formula is C23H16Cl2N2. The Labute approximate surface area is 168 Å². The minimum atomic E-state index is 0.691. The van der Waals surface area contributed by atoms with Crippen LogP contribution in [0.25, 0.3) is 29.1 Å². The van der Waals surface area contributed by atoms with Crippen LogP contribution in [0.1, 0.15) is 11.3 Å². The zero-order valence-electron chi connectivity index (χ0n) is 14.4. The average molecular weight is 391 g/mol. The van der Waals surface area contributed by atoms with E-state index in [1.807, 2.05) is 102 Å². The van der Waals surface area contributed by atoms with Crippen molar-refractivity contribution in [1.29, 1.82) is 0 Å². The van der Waals surface area contributed by atoms with E-state index < -0.39 is 0 Å². The molecule has 0 amide bonds. The van der Waals surface area contributed by atoms with Crippen molar-refractivity contribution in [3.8, 4) is 16.9 Å². The zero-order chi connectivity index (χ0) is 18.6. The van der Waals surface area contributed by atoms with E-state index in [2.05, 4.69) is 0 Å². The second kappa shape index (κ2) is 7.83. The maximum atomic E-state index is 6.44. The fourth-order valence-electron chi connectivity index (χ4n) is 2.89. The molecule has 0 spiro atoms. The summed E-state index contributed by atoms with van der Waals surface area (Å²) >= 11 is 12.7. The lowest BCUT2D eigenvalue weighted by Crippen LogP contribution is -1.99. The van der Waals surface area contributed by atoms with Crippen molar-refractivity contribution >= 4 is 35.4 Å². The summed E-state index contributed by atoms with van der Waals surface area (Å²) < 4.78 is 1.91. The highest BCUT2D eigenvalue weighted by Gasteiger charge is 2.13. The Morgan fingerprint density at radius 3 is 2.11 bits per heavy atom. The number of aromatic nitrogens is 2. The van der Waals surface area contributed by atoms with Crippen LogP contribution in [0.3, 0.4) is 0 Å². The normalized spacial score (nSPS) is 11.2. The summed E-state index contributed by atoms with van der Waals surface area (Å²) in [5.41, 5.74) is 4.63. The molecule has 0 unspecified atom stereocenters. The molecule has 1 aromatic heterocycles. The number of halogens is 2. The van der Waals surface area contributed by atoms with Crippen LogP contribution in [0.15, 0.2) is 84.9 Å². The van der Waals surface area contributed by atoms with Crippen LogP contribution >= 0.6 is 23.2 Å². The number of hydrogen-bond donors (Lipinski definition) is 0. The summed E-state index contributed by atoms with van der Waals surface area (Å²) in [5.74, 6) is 0. The van der Waals surface area contributed by atoms with E-state index in [4.69, 9.17) is 28.3 Å². The van der Waals surface area contributed by atoms with Gasteiger partial charge in [-0.1, -0.05) is 83.9 Å². The van der Waals surface area contributed by atoms with Crippen LogP contribution in [0.4, 0.5) is 0 Å². The molecule has 2 nitrogen and oxygen atoms in total. The van der Waals surface area contributed by atoms with E-state index in [1.54, 1.807) is 0 Å². The lowest BCUT2D eigenvalue weighted by molar-refractivity contribution is 0.883. The average Bonchev–Trinajstić information content (AvgIpc) is 3.12. The molecule has 0 saturated heterocycles. The summed E-state index contributed by atoms with van der Waals surface area (Å²) in [6, 6.07) is 27.6. The summed E-state index contributed by atoms with van der Waals surface area (Å²) in [5, 5.41) is 6.17. The molecule has 0 fully saturated rings. The van der Waals surface area contributed by atoms with Crippen molar-refractivity contribution in [1.82, 2.24) is 9.78 Å². The van der Waals surface area contributed by atoms with E-state index >= 15 is 0 Å². The molecule has 4 aromatic rings. The molecule has 0 saturated carbocycles. The third kappa shape index (κ3) is 3.82. The van der Waals surface area contributed by atoms with Crippen LogP contribution in [0.2, 0.25) is 10.0 Å². The van der Waals surface area contributed by atoms with E-state index in [0.717, 1.165) is 28.2 Å². The van der Waals surface area contributed by atoms with Gasteiger partial charge in [-0.15, -0.1) is 0 Å². The third-order valence-corrected chi connectivity index (χ3v) is 4.89. The van der Waals surface area contributed by atoms with Gasteiger partial charge in [0.25, 0.3) is 0 Å². The van der Waals surface area contributed by atoms with Crippen LogP contribution in [0, 0.1) is 0 Å². The highest BCUT2D eigenvalue weighted by atomic mass is 35.5. The molecule has 0 aliphatic rings. The van der Waals surface area contributed by atoms with Crippen molar-refractivity contribution in [3.05, 3.63) is 106 Å². The number of benzene rings is 3. The van der Waals surface area contributed by atoms with Gasteiger partial charge in [-0.3, -0.25) is 0 Å². The Bertz CT molecular complexity index is 1100. The standard InChI is InChI=1S/C23H16Cl2N2/c24-21-12-6-4-8-17(21)14-15-18-16-23(20-11-5-7-13-22(20)25)27(26-18)19-9-2-1-3-10-19/h1-16H. The minimum absolute atomic E-state index is 0.691. The van der Waals surface area contributed by atoms with E-state index in [0.29, 0.717) is 10.0 Å². The molecule has 3 aromatic carbocycles. The fraction of sp³-hybridized carbons (Fsp3) is 0. The van der Waals surface area contributed by atoms with Crippen molar-refractivity contribution in [3.63, 3.8) is 0 Å². The third-order valence-electron chi connectivity index (χ3n) is 4.22. The molecule has 0 aliphatic heterocycles. The van der Waals surface area contributed by atoms with Gasteiger partial charge in [0.1, 0.15) is 0 Å². The van der Waals surface area contributed by atoms with E-state index in [9.17, 15) is 0 Å². The van der Waals surface area contributed by atoms with Gasteiger partial charge in [0.15, 0.2) is 0 Å².